The van der Waals surface area contributed by atoms with E-state index in [9.17, 15) is 9.59 Å². The van der Waals surface area contributed by atoms with Crippen molar-refractivity contribution in [3.8, 4) is 0 Å². The first kappa shape index (κ1) is 15.9. The van der Waals surface area contributed by atoms with Crippen LogP contribution in [0.4, 0.5) is 0 Å². The third kappa shape index (κ3) is 5.68. The van der Waals surface area contributed by atoms with E-state index >= 15 is 0 Å². The molecule has 4 N–H and O–H groups in total. The van der Waals surface area contributed by atoms with Gasteiger partial charge >= 0.3 is 0 Å². The number of rotatable bonds is 6. The fourth-order valence-corrected chi connectivity index (χ4v) is 1.48. The van der Waals surface area contributed by atoms with Crippen molar-refractivity contribution < 1.29 is 9.59 Å². The molecule has 0 aliphatic carbocycles. The van der Waals surface area contributed by atoms with Gasteiger partial charge in [0.25, 0.3) is 0 Å². The Morgan fingerprint density at radius 1 is 1.00 bits per heavy atom. The van der Waals surface area contributed by atoms with Gasteiger partial charge in [0.05, 0.1) is 5.92 Å². The Labute approximate surface area is 104 Å². The first-order valence-electron chi connectivity index (χ1n) is 6.10. The summed E-state index contributed by atoms with van der Waals surface area (Å²) in [6.07, 6.45) is 0. The van der Waals surface area contributed by atoms with Gasteiger partial charge in [-0.2, -0.15) is 0 Å². The zero-order valence-corrected chi connectivity index (χ0v) is 11.4. The van der Waals surface area contributed by atoms with E-state index in [0.29, 0.717) is 6.54 Å². The summed E-state index contributed by atoms with van der Waals surface area (Å²) in [6, 6.07) is -0.463. The van der Waals surface area contributed by atoms with Gasteiger partial charge in [-0.25, -0.2) is 0 Å². The largest absolute Gasteiger partial charge is 0.352 e. The molecule has 2 unspecified atom stereocenters. The summed E-state index contributed by atoms with van der Waals surface area (Å²) in [5, 5.41) is 5.44. The molecule has 2 amide bonds. The van der Waals surface area contributed by atoms with E-state index < -0.39 is 6.04 Å². The van der Waals surface area contributed by atoms with Crippen molar-refractivity contribution in [1.29, 1.82) is 0 Å². The predicted molar refractivity (Wildman–Crippen MR) is 68.3 cm³/mol. The van der Waals surface area contributed by atoms with E-state index in [2.05, 4.69) is 10.6 Å². The monoisotopic (exact) mass is 243 g/mol. The Balaban J connectivity index is 4.32. The van der Waals surface area contributed by atoms with Crippen LogP contribution in [0.1, 0.15) is 34.6 Å². The van der Waals surface area contributed by atoms with Crippen molar-refractivity contribution in [1.82, 2.24) is 10.6 Å². The Kier molecular flexibility index (Phi) is 6.80. The van der Waals surface area contributed by atoms with Crippen LogP contribution in [0.3, 0.4) is 0 Å². The molecule has 5 nitrogen and oxygen atoms in total. The molecule has 0 fully saturated rings. The molecule has 0 bridgehead atoms. The summed E-state index contributed by atoms with van der Waals surface area (Å²) >= 11 is 0. The van der Waals surface area contributed by atoms with E-state index in [1.807, 2.05) is 27.7 Å². The minimum atomic E-state index is -0.530. The molecule has 0 radical (unpaired) electrons. The lowest BCUT2D eigenvalue weighted by molar-refractivity contribution is -0.131. The maximum Gasteiger partial charge on any atom is 0.242 e. The molecule has 100 valence electrons. The van der Waals surface area contributed by atoms with Crippen LogP contribution in [0.5, 0.6) is 0 Å². The predicted octanol–water partition coefficient (Wildman–Crippen LogP) is 0.247. The van der Waals surface area contributed by atoms with Gasteiger partial charge in [-0.05, 0) is 26.7 Å². The Bertz CT molecular complexity index is 264. The van der Waals surface area contributed by atoms with Crippen molar-refractivity contribution >= 4 is 11.8 Å². The molecule has 0 spiro atoms. The summed E-state index contributed by atoms with van der Waals surface area (Å²) < 4.78 is 0. The van der Waals surface area contributed by atoms with Gasteiger partial charge in [0.15, 0.2) is 0 Å². The Hall–Kier alpha value is -1.10. The molecule has 0 aromatic carbocycles. The molecule has 0 heterocycles. The zero-order chi connectivity index (χ0) is 13.6. The van der Waals surface area contributed by atoms with Crippen LogP contribution in [0.2, 0.25) is 0 Å². The summed E-state index contributed by atoms with van der Waals surface area (Å²) in [6.45, 7) is 9.60. The minimum Gasteiger partial charge on any atom is -0.352 e. The highest BCUT2D eigenvalue weighted by molar-refractivity contribution is 5.88. The lowest BCUT2D eigenvalue weighted by Crippen LogP contribution is -2.50. The Morgan fingerprint density at radius 2 is 1.53 bits per heavy atom. The molecule has 2 atom stereocenters. The van der Waals surface area contributed by atoms with Gasteiger partial charge in [-0.1, -0.05) is 13.8 Å². The van der Waals surface area contributed by atoms with Crippen LogP contribution in [0, 0.1) is 11.8 Å². The molecule has 0 rings (SSSR count). The molecule has 0 saturated carbocycles. The van der Waals surface area contributed by atoms with Crippen molar-refractivity contribution in [3.63, 3.8) is 0 Å². The molecular weight excluding hydrogens is 218 g/mol. The van der Waals surface area contributed by atoms with Gasteiger partial charge in [0, 0.05) is 12.6 Å². The van der Waals surface area contributed by atoms with Crippen molar-refractivity contribution in [2.45, 2.75) is 46.7 Å². The maximum atomic E-state index is 11.8. The van der Waals surface area contributed by atoms with Crippen LogP contribution < -0.4 is 16.4 Å². The van der Waals surface area contributed by atoms with Crippen LogP contribution in [-0.4, -0.2) is 30.4 Å². The van der Waals surface area contributed by atoms with Gasteiger partial charge in [-0.15, -0.1) is 0 Å². The van der Waals surface area contributed by atoms with E-state index in [-0.39, 0.29) is 29.7 Å². The number of carbonyl (C=O) groups excluding carboxylic acids is 2. The fraction of sp³-hybridized carbons (Fsp3) is 0.833. The Morgan fingerprint density at radius 3 is 1.88 bits per heavy atom. The number of nitrogens with two attached hydrogens (primary N) is 1. The molecular formula is C12H25N3O2. The summed E-state index contributed by atoms with van der Waals surface area (Å²) in [4.78, 5) is 23.5. The highest BCUT2D eigenvalue weighted by atomic mass is 16.2. The zero-order valence-electron chi connectivity index (χ0n) is 11.4. The van der Waals surface area contributed by atoms with Crippen LogP contribution in [0.25, 0.3) is 0 Å². The second-order valence-corrected chi connectivity index (χ2v) is 4.98. The van der Waals surface area contributed by atoms with Gasteiger partial charge < -0.3 is 16.4 Å². The average Bonchev–Trinajstić information content (AvgIpc) is 2.16. The van der Waals surface area contributed by atoms with E-state index in [0.717, 1.165) is 0 Å². The quantitative estimate of drug-likeness (QED) is 0.625. The molecule has 0 aromatic rings. The van der Waals surface area contributed by atoms with E-state index in [1.165, 1.54) is 0 Å². The fourth-order valence-electron chi connectivity index (χ4n) is 1.48. The first-order chi connectivity index (χ1) is 7.79. The number of amides is 2. The second-order valence-electron chi connectivity index (χ2n) is 4.98. The third-order valence-electron chi connectivity index (χ3n) is 2.58. The standard InChI is InChI=1S/C12H25N3O2/c1-7(2)10(6-13)12(17)15-9(5)11(16)14-8(3)4/h7-10H,6,13H2,1-5H3,(H,14,16)(H,15,17). The summed E-state index contributed by atoms with van der Waals surface area (Å²) in [7, 11) is 0. The number of hydrogen-bond donors (Lipinski definition) is 3. The van der Waals surface area contributed by atoms with Crippen LogP contribution in [0.15, 0.2) is 0 Å². The lowest BCUT2D eigenvalue weighted by atomic mass is 9.95. The smallest absolute Gasteiger partial charge is 0.242 e. The van der Waals surface area contributed by atoms with Gasteiger partial charge in [-0.3, -0.25) is 9.59 Å². The molecule has 5 heteroatoms. The number of hydrogen-bond acceptors (Lipinski definition) is 3. The van der Waals surface area contributed by atoms with Crippen molar-refractivity contribution in [2.75, 3.05) is 6.54 Å². The highest BCUT2D eigenvalue weighted by Gasteiger charge is 2.24. The number of carbonyl (C=O) groups is 2. The van der Waals surface area contributed by atoms with E-state index in [1.54, 1.807) is 6.92 Å². The van der Waals surface area contributed by atoms with Crippen molar-refractivity contribution in [2.24, 2.45) is 17.6 Å². The highest BCUT2D eigenvalue weighted by Crippen LogP contribution is 2.09. The summed E-state index contributed by atoms with van der Waals surface area (Å²) in [5.74, 6) is -0.411. The normalized spacial score (nSPS) is 14.6. The molecule has 0 saturated heterocycles. The summed E-state index contributed by atoms with van der Waals surface area (Å²) in [5.41, 5.74) is 5.55. The average molecular weight is 243 g/mol. The SMILES string of the molecule is CC(C)NC(=O)C(C)NC(=O)C(CN)C(C)C. The van der Waals surface area contributed by atoms with Crippen LogP contribution in [-0.2, 0) is 9.59 Å². The third-order valence-corrected chi connectivity index (χ3v) is 2.58. The lowest BCUT2D eigenvalue weighted by Gasteiger charge is -2.22. The molecule has 0 aliphatic heterocycles. The van der Waals surface area contributed by atoms with Gasteiger partial charge in [0.2, 0.25) is 11.8 Å². The van der Waals surface area contributed by atoms with Crippen LogP contribution >= 0.6 is 0 Å². The first-order valence-corrected chi connectivity index (χ1v) is 6.10. The minimum absolute atomic E-state index is 0.0669. The molecule has 17 heavy (non-hydrogen) atoms. The molecule has 0 aliphatic rings. The van der Waals surface area contributed by atoms with Gasteiger partial charge in [0.1, 0.15) is 6.04 Å². The topological polar surface area (TPSA) is 84.2 Å². The number of nitrogens with one attached hydrogen (secondary N) is 2. The maximum absolute atomic E-state index is 11.8. The molecule has 0 aromatic heterocycles. The second kappa shape index (κ2) is 7.27. The van der Waals surface area contributed by atoms with Crippen molar-refractivity contribution in [3.05, 3.63) is 0 Å². The van der Waals surface area contributed by atoms with E-state index in [4.69, 9.17) is 5.73 Å².